The van der Waals surface area contributed by atoms with Crippen LogP contribution in [-0.4, -0.2) is 21.2 Å². The van der Waals surface area contributed by atoms with Gasteiger partial charge in [-0.25, -0.2) is 4.98 Å². The van der Waals surface area contributed by atoms with E-state index < -0.39 is 0 Å². The first-order valence-corrected chi connectivity index (χ1v) is 12.0. The number of thioether (sulfide) groups is 1. The van der Waals surface area contributed by atoms with Crippen LogP contribution in [0.5, 0.6) is 0 Å². The minimum Gasteiger partial charge on any atom is -0.325 e. The number of benzene rings is 3. The Kier molecular flexibility index (Phi) is 7.16. The van der Waals surface area contributed by atoms with E-state index >= 15 is 0 Å². The zero-order valence-corrected chi connectivity index (χ0v) is 20.0. The average Bonchev–Trinajstić information content (AvgIpc) is 2.81. The van der Waals surface area contributed by atoms with E-state index in [1.54, 1.807) is 22.8 Å². The Bertz CT molecular complexity index is 1330. The van der Waals surface area contributed by atoms with Crippen LogP contribution in [0.1, 0.15) is 30.9 Å². The Morgan fingerprint density at radius 1 is 1.03 bits per heavy atom. The Labute approximate surface area is 201 Å². The highest BCUT2D eigenvalue weighted by Gasteiger charge is 2.14. The number of carbonyl (C=O) groups excluding carboxylic acids is 1. The first-order chi connectivity index (χ1) is 15.9. The summed E-state index contributed by atoms with van der Waals surface area (Å²) in [6, 6.07) is 22.4. The number of carbonyl (C=O) groups is 1. The van der Waals surface area contributed by atoms with Crippen molar-refractivity contribution in [3.8, 4) is 0 Å². The molecule has 0 fully saturated rings. The van der Waals surface area contributed by atoms with Gasteiger partial charge < -0.3 is 5.32 Å². The third-order valence-electron chi connectivity index (χ3n) is 5.27. The summed E-state index contributed by atoms with van der Waals surface area (Å²) in [5.41, 5.74) is 3.36. The van der Waals surface area contributed by atoms with Crippen LogP contribution < -0.4 is 10.9 Å². The van der Waals surface area contributed by atoms with Crippen molar-refractivity contribution in [3.05, 3.63) is 99.3 Å². The molecule has 0 spiro atoms. The van der Waals surface area contributed by atoms with Crippen molar-refractivity contribution in [1.82, 2.24) is 9.55 Å². The number of fused-ring (bicyclic) bond motifs is 1. The molecular weight excluding hydrogens is 454 g/mol. The van der Waals surface area contributed by atoms with E-state index in [4.69, 9.17) is 11.6 Å². The van der Waals surface area contributed by atoms with Gasteiger partial charge >= 0.3 is 0 Å². The number of amides is 1. The number of nitrogens with zero attached hydrogens (tertiary/aromatic N) is 2. The molecule has 0 aliphatic carbocycles. The maximum atomic E-state index is 13.2. The van der Waals surface area contributed by atoms with Crippen LogP contribution in [0.2, 0.25) is 5.02 Å². The summed E-state index contributed by atoms with van der Waals surface area (Å²) >= 11 is 7.25. The molecule has 0 aliphatic heterocycles. The van der Waals surface area contributed by atoms with E-state index in [1.165, 1.54) is 17.3 Å². The number of rotatable bonds is 7. The van der Waals surface area contributed by atoms with Crippen LogP contribution in [0, 0.1) is 0 Å². The quantitative estimate of drug-likeness (QED) is 0.264. The highest BCUT2D eigenvalue weighted by atomic mass is 35.5. The Hall–Kier alpha value is -3.09. The molecule has 0 saturated carbocycles. The van der Waals surface area contributed by atoms with E-state index in [2.05, 4.69) is 24.1 Å². The third-order valence-corrected chi connectivity index (χ3v) is 6.50. The Balaban J connectivity index is 1.56. The van der Waals surface area contributed by atoms with Crippen LogP contribution in [0.25, 0.3) is 10.9 Å². The van der Waals surface area contributed by atoms with Crippen LogP contribution in [0.4, 0.5) is 5.69 Å². The van der Waals surface area contributed by atoms with Crippen molar-refractivity contribution >= 4 is 45.9 Å². The second-order valence-corrected chi connectivity index (χ2v) is 9.42. The van der Waals surface area contributed by atoms with Gasteiger partial charge in [0.15, 0.2) is 5.16 Å². The van der Waals surface area contributed by atoms with Gasteiger partial charge in [-0.05, 0) is 53.4 Å². The standard InChI is InChI=1S/C26H24ClN3O2S/c1-17(2)19-9-13-21(14-10-19)28-24(31)16-33-26-29-23-6-4-3-5-22(23)25(32)30(26)15-18-7-11-20(27)12-8-18/h3-14,17H,15-16H2,1-2H3,(H,28,31). The summed E-state index contributed by atoms with van der Waals surface area (Å²) in [5, 5.41) is 4.60. The van der Waals surface area contributed by atoms with Crippen molar-refractivity contribution in [2.75, 3.05) is 11.1 Å². The van der Waals surface area contributed by atoms with Crippen molar-refractivity contribution in [1.29, 1.82) is 0 Å². The molecule has 0 unspecified atom stereocenters. The van der Waals surface area contributed by atoms with Gasteiger partial charge in [0, 0.05) is 10.7 Å². The molecule has 1 amide bonds. The third kappa shape index (κ3) is 5.64. The molecule has 0 radical (unpaired) electrons. The van der Waals surface area contributed by atoms with Gasteiger partial charge in [0.05, 0.1) is 23.2 Å². The number of para-hydroxylation sites is 1. The summed E-state index contributed by atoms with van der Waals surface area (Å²) in [7, 11) is 0. The molecule has 33 heavy (non-hydrogen) atoms. The fraction of sp³-hybridized carbons (Fsp3) is 0.192. The molecule has 1 heterocycles. The van der Waals surface area contributed by atoms with Gasteiger partial charge in [0.25, 0.3) is 5.56 Å². The molecule has 168 valence electrons. The van der Waals surface area contributed by atoms with E-state index in [9.17, 15) is 9.59 Å². The molecule has 3 aromatic carbocycles. The first-order valence-electron chi connectivity index (χ1n) is 10.7. The number of halogens is 1. The molecule has 0 aliphatic rings. The van der Waals surface area contributed by atoms with Crippen LogP contribution in [0.15, 0.2) is 82.7 Å². The SMILES string of the molecule is CC(C)c1ccc(NC(=O)CSc2nc3ccccc3c(=O)n2Cc2ccc(Cl)cc2)cc1. The molecule has 1 N–H and O–H groups in total. The van der Waals surface area contributed by atoms with Crippen LogP contribution >= 0.6 is 23.4 Å². The van der Waals surface area contributed by atoms with Crippen molar-refractivity contribution in [3.63, 3.8) is 0 Å². The predicted molar refractivity (Wildman–Crippen MR) is 136 cm³/mol. The van der Waals surface area contributed by atoms with Crippen LogP contribution in [0.3, 0.4) is 0 Å². The lowest BCUT2D eigenvalue weighted by Gasteiger charge is -2.13. The minimum atomic E-state index is -0.155. The van der Waals surface area contributed by atoms with E-state index in [-0.39, 0.29) is 17.2 Å². The molecule has 0 saturated heterocycles. The Morgan fingerprint density at radius 2 is 1.73 bits per heavy atom. The average molecular weight is 478 g/mol. The molecular formula is C26H24ClN3O2S. The van der Waals surface area contributed by atoms with Gasteiger partial charge in [-0.15, -0.1) is 0 Å². The van der Waals surface area contributed by atoms with Gasteiger partial charge in [0.1, 0.15) is 0 Å². The number of hydrogen-bond donors (Lipinski definition) is 1. The van der Waals surface area contributed by atoms with E-state index in [0.29, 0.717) is 33.5 Å². The van der Waals surface area contributed by atoms with Crippen molar-refractivity contribution in [2.24, 2.45) is 0 Å². The van der Waals surface area contributed by atoms with E-state index in [0.717, 1.165) is 11.3 Å². The molecule has 4 aromatic rings. The highest BCUT2D eigenvalue weighted by Crippen LogP contribution is 2.21. The zero-order valence-electron chi connectivity index (χ0n) is 18.4. The minimum absolute atomic E-state index is 0.136. The fourth-order valence-corrected chi connectivity index (χ4v) is 4.37. The summed E-state index contributed by atoms with van der Waals surface area (Å²) < 4.78 is 1.61. The molecule has 1 aromatic heterocycles. The molecule has 5 nitrogen and oxygen atoms in total. The topological polar surface area (TPSA) is 64.0 Å². The summed E-state index contributed by atoms with van der Waals surface area (Å²) in [4.78, 5) is 30.5. The first kappa shape index (κ1) is 23.1. The maximum absolute atomic E-state index is 13.2. The lowest BCUT2D eigenvalue weighted by Crippen LogP contribution is -2.24. The smallest absolute Gasteiger partial charge is 0.262 e. The maximum Gasteiger partial charge on any atom is 0.262 e. The molecule has 0 atom stereocenters. The second kappa shape index (κ2) is 10.2. The van der Waals surface area contributed by atoms with Crippen molar-refractivity contribution in [2.45, 2.75) is 31.5 Å². The number of aromatic nitrogens is 2. The lowest BCUT2D eigenvalue weighted by molar-refractivity contribution is -0.113. The second-order valence-electron chi connectivity index (χ2n) is 8.04. The summed E-state index contributed by atoms with van der Waals surface area (Å²) in [5.74, 6) is 0.413. The highest BCUT2D eigenvalue weighted by molar-refractivity contribution is 7.99. The van der Waals surface area contributed by atoms with Gasteiger partial charge in [0.2, 0.25) is 5.91 Å². The monoisotopic (exact) mass is 477 g/mol. The normalized spacial score (nSPS) is 11.2. The van der Waals surface area contributed by atoms with E-state index in [1.807, 2.05) is 54.6 Å². The molecule has 0 bridgehead atoms. The van der Waals surface area contributed by atoms with Gasteiger partial charge in [-0.1, -0.05) is 73.6 Å². The molecule has 4 rings (SSSR count). The van der Waals surface area contributed by atoms with Gasteiger partial charge in [-0.3, -0.25) is 14.2 Å². The predicted octanol–water partition coefficient (Wildman–Crippen LogP) is 5.95. The van der Waals surface area contributed by atoms with Crippen molar-refractivity contribution < 1.29 is 4.79 Å². The number of anilines is 1. The van der Waals surface area contributed by atoms with Gasteiger partial charge in [-0.2, -0.15) is 0 Å². The molecule has 7 heteroatoms. The van der Waals surface area contributed by atoms with Crippen LogP contribution in [-0.2, 0) is 11.3 Å². The fourth-order valence-electron chi connectivity index (χ4n) is 3.45. The summed E-state index contributed by atoms with van der Waals surface area (Å²) in [6.45, 7) is 4.60. The lowest BCUT2D eigenvalue weighted by atomic mass is 10.0. The Morgan fingerprint density at radius 3 is 2.42 bits per heavy atom. The summed E-state index contributed by atoms with van der Waals surface area (Å²) in [6.07, 6.45) is 0. The number of hydrogen-bond acceptors (Lipinski definition) is 4. The largest absolute Gasteiger partial charge is 0.325 e. The number of nitrogens with one attached hydrogen (secondary N) is 1. The zero-order chi connectivity index (χ0) is 23.4.